The molecule has 5 heteroatoms. The molecule has 1 heterocycles. The van der Waals surface area contributed by atoms with Crippen LogP contribution in [0, 0.1) is 0 Å². The highest BCUT2D eigenvalue weighted by atomic mass is 32.2. The van der Waals surface area contributed by atoms with Crippen molar-refractivity contribution in [2.45, 2.75) is 25.9 Å². The van der Waals surface area contributed by atoms with Crippen LogP contribution in [0.5, 0.6) is 0 Å². The summed E-state index contributed by atoms with van der Waals surface area (Å²) in [7, 11) is -2.82. The van der Waals surface area contributed by atoms with Crippen molar-refractivity contribution in [2.75, 3.05) is 31.2 Å². The molecule has 1 aliphatic rings. The summed E-state index contributed by atoms with van der Waals surface area (Å²) in [4.78, 5) is 0. The number of rotatable bonds is 6. The summed E-state index contributed by atoms with van der Waals surface area (Å²) in [6, 6.07) is 0. The van der Waals surface area contributed by atoms with E-state index in [0.29, 0.717) is 13.0 Å². The molecule has 1 rings (SSSR count). The van der Waals surface area contributed by atoms with E-state index >= 15 is 0 Å². The van der Waals surface area contributed by atoms with E-state index in [1.807, 2.05) is 6.92 Å². The third-order valence-electron chi connectivity index (χ3n) is 2.49. The Morgan fingerprint density at radius 1 is 1.43 bits per heavy atom. The van der Waals surface area contributed by atoms with Crippen LogP contribution < -0.4 is 5.32 Å². The van der Waals surface area contributed by atoms with E-state index in [1.54, 1.807) is 6.92 Å². The van der Waals surface area contributed by atoms with Gasteiger partial charge in [-0.15, -0.1) is 0 Å². The molecule has 0 aromatic carbocycles. The molecule has 0 aromatic rings. The quantitative estimate of drug-likeness (QED) is 0.651. The van der Waals surface area contributed by atoms with Crippen LogP contribution >= 0.6 is 0 Å². The van der Waals surface area contributed by atoms with Gasteiger partial charge >= 0.3 is 0 Å². The van der Waals surface area contributed by atoms with Crippen molar-refractivity contribution < 1.29 is 13.2 Å². The largest absolute Gasteiger partial charge is 0.373 e. The maximum Gasteiger partial charge on any atom is 0.150 e. The van der Waals surface area contributed by atoms with Crippen LogP contribution in [-0.4, -0.2) is 45.2 Å². The van der Waals surface area contributed by atoms with Gasteiger partial charge in [-0.1, -0.05) is 6.92 Å². The first-order chi connectivity index (χ1) is 6.47. The maximum atomic E-state index is 11.1. The van der Waals surface area contributed by atoms with Gasteiger partial charge in [0.25, 0.3) is 0 Å². The molecular formula is C9H19NO3S. The summed E-state index contributed by atoms with van der Waals surface area (Å²) in [6.07, 6.45) is 0.603. The molecule has 0 bridgehead atoms. The lowest BCUT2D eigenvalue weighted by atomic mass is 10.0. The number of ether oxygens (including phenoxy) is 1. The third-order valence-corrected chi connectivity index (χ3v) is 4.28. The Balaban J connectivity index is 2.10. The number of nitrogens with one attached hydrogen (secondary N) is 1. The molecule has 84 valence electrons. The normalized spacial score (nSPS) is 20.4. The molecule has 0 amide bonds. The van der Waals surface area contributed by atoms with Crippen LogP contribution in [0.15, 0.2) is 0 Å². The summed E-state index contributed by atoms with van der Waals surface area (Å²) in [6.45, 7) is 5.99. The van der Waals surface area contributed by atoms with Crippen molar-refractivity contribution in [1.29, 1.82) is 0 Å². The van der Waals surface area contributed by atoms with Crippen molar-refractivity contribution in [2.24, 2.45) is 0 Å². The third kappa shape index (κ3) is 3.55. The van der Waals surface area contributed by atoms with Gasteiger partial charge in [-0.3, -0.25) is 0 Å². The number of hydrogen-bond donors (Lipinski definition) is 1. The van der Waals surface area contributed by atoms with Crippen LogP contribution in [0.4, 0.5) is 0 Å². The zero-order valence-corrected chi connectivity index (χ0v) is 9.69. The average Bonchev–Trinajstić information content (AvgIpc) is 2.10. The van der Waals surface area contributed by atoms with Crippen LogP contribution in [0.1, 0.15) is 20.3 Å². The van der Waals surface area contributed by atoms with E-state index in [9.17, 15) is 8.42 Å². The molecule has 0 radical (unpaired) electrons. The van der Waals surface area contributed by atoms with Crippen molar-refractivity contribution >= 4 is 9.84 Å². The second kappa shape index (κ2) is 4.59. The van der Waals surface area contributed by atoms with Gasteiger partial charge in [0.15, 0.2) is 0 Å². The first-order valence-corrected chi connectivity index (χ1v) is 6.85. The van der Waals surface area contributed by atoms with Gasteiger partial charge in [-0.05, 0) is 13.3 Å². The number of hydrogen-bond acceptors (Lipinski definition) is 4. The molecule has 0 atom stereocenters. The summed E-state index contributed by atoms with van der Waals surface area (Å²) in [5.74, 6) is 0.471. The first-order valence-electron chi connectivity index (χ1n) is 5.02. The van der Waals surface area contributed by atoms with Gasteiger partial charge in [-0.25, -0.2) is 8.42 Å². The van der Waals surface area contributed by atoms with E-state index in [-0.39, 0.29) is 17.1 Å². The molecule has 0 unspecified atom stereocenters. The van der Waals surface area contributed by atoms with Gasteiger partial charge in [0.05, 0.1) is 11.4 Å². The highest BCUT2D eigenvalue weighted by Gasteiger charge is 2.32. The zero-order valence-electron chi connectivity index (χ0n) is 8.88. The van der Waals surface area contributed by atoms with Crippen molar-refractivity contribution in [3.63, 3.8) is 0 Å². The Bertz CT molecular complexity index is 270. The molecule has 0 aliphatic carbocycles. The van der Waals surface area contributed by atoms with Crippen molar-refractivity contribution in [1.82, 2.24) is 5.32 Å². The fourth-order valence-electron chi connectivity index (χ4n) is 1.32. The molecule has 14 heavy (non-hydrogen) atoms. The van der Waals surface area contributed by atoms with Gasteiger partial charge in [0.2, 0.25) is 0 Å². The predicted molar refractivity (Wildman–Crippen MR) is 56.2 cm³/mol. The fourth-order valence-corrected chi connectivity index (χ4v) is 2.17. The topological polar surface area (TPSA) is 55.4 Å². The Labute approximate surface area is 85.9 Å². The zero-order chi connectivity index (χ0) is 10.7. The molecule has 1 N–H and O–H groups in total. The minimum atomic E-state index is -2.82. The van der Waals surface area contributed by atoms with Crippen LogP contribution in [0.2, 0.25) is 0 Å². The van der Waals surface area contributed by atoms with E-state index in [4.69, 9.17) is 4.74 Å². The molecule has 4 nitrogen and oxygen atoms in total. The second-order valence-electron chi connectivity index (χ2n) is 3.99. The van der Waals surface area contributed by atoms with Crippen LogP contribution in [-0.2, 0) is 14.6 Å². The van der Waals surface area contributed by atoms with Gasteiger partial charge in [-0.2, -0.15) is 0 Å². The Morgan fingerprint density at radius 2 is 2.07 bits per heavy atom. The van der Waals surface area contributed by atoms with E-state index in [0.717, 1.165) is 13.1 Å². The SMILES string of the molecule is CCS(=O)(=O)CCCOC1(C)CNC1. The smallest absolute Gasteiger partial charge is 0.150 e. The highest BCUT2D eigenvalue weighted by Crippen LogP contribution is 2.15. The minimum Gasteiger partial charge on any atom is -0.373 e. The highest BCUT2D eigenvalue weighted by molar-refractivity contribution is 7.91. The van der Waals surface area contributed by atoms with E-state index in [1.165, 1.54) is 0 Å². The molecule has 0 aromatic heterocycles. The van der Waals surface area contributed by atoms with Gasteiger partial charge < -0.3 is 10.1 Å². The van der Waals surface area contributed by atoms with E-state index < -0.39 is 9.84 Å². The molecule has 1 saturated heterocycles. The first kappa shape index (κ1) is 11.9. The van der Waals surface area contributed by atoms with Gasteiger partial charge in [0, 0.05) is 25.4 Å². The molecule has 1 fully saturated rings. The van der Waals surface area contributed by atoms with Crippen molar-refractivity contribution in [3.05, 3.63) is 0 Å². The monoisotopic (exact) mass is 221 g/mol. The Morgan fingerprint density at radius 3 is 2.50 bits per heavy atom. The Hall–Kier alpha value is -0.130. The Kier molecular flexibility index (Phi) is 3.92. The van der Waals surface area contributed by atoms with Crippen LogP contribution in [0.25, 0.3) is 0 Å². The van der Waals surface area contributed by atoms with Gasteiger partial charge in [0.1, 0.15) is 9.84 Å². The standard InChI is InChI=1S/C9H19NO3S/c1-3-14(11,12)6-4-5-13-9(2)7-10-8-9/h10H,3-8H2,1-2H3. The molecule has 0 spiro atoms. The molecular weight excluding hydrogens is 202 g/mol. The lowest BCUT2D eigenvalue weighted by Crippen LogP contribution is -2.59. The molecule has 1 aliphatic heterocycles. The lowest BCUT2D eigenvalue weighted by molar-refractivity contribution is -0.0660. The molecule has 0 saturated carbocycles. The fraction of sp³-hybridized carbons (Fsp3) is 1.00. The van der Waals surface area contributed by atoms with Crippen LogP contribution in [0.3, 0.4) is 0 Å². The van der Waals surface area contributed by atoms with E-state index in [2.05, 4.69) is 5.32 Å². The number of sulfone groups is 1. The second-order valence-corrected chi connectivity index (χ2v) is 6.46. The van der Waals surface area contributed by atoms with Crippen molar-refractivity contribution in [3.8, 4) is 0 Å². The minimum absolute atomic E-state index is 0.0595. The summed E-state index contributed by atoms with van der Waals surface area (Å²) in [5, 5.41) is 3.13. The maximum absolute atomic E-state index is 11.1. The summed E-state index contributed by atoms with van der Waals surface area (Å²) < 4.78 is 27.9. The summed E-state index contributed by atoms with van der Waals surface area (Å²) >= 11 is 0. The summed E-state index contributed by atoms with van der Waals surface area (Å²) in [5.41, 5.74) is -0.0595. The lowest BCUT2D eigenvalue weighted by Gasteiger charge is -2.39. The predicted octanol–water partition coefficient (Wildman–Crippen LogP) is 0.190. The average molecular weight is 221 g/mol.